The van der Waals surface area contributed by atoms with Crippen molar-refractivity contribution in [2.24, 2.45) is 5.92 Å². The lowest BCUT2D eigenvalue weighted by molar-refractivity contribution is -0.133. The molecule has 0 radical (unpaired) electrons. The molecular formula is C25H27ClN2O3. The van der Waals surface area contributed by atoms with Crippen LogP contribution < -0.4 is 10.1 Å². The van der Waals surface area contributed by atoms with E-state index in [-0.39, 0.29) is 17.7 Å². The van der Waals surface area contributed by atoms with Gasteiger partial charge in [-0.3, -0.25) is 9.59 Å². The minimum atomic E-state index is -0.654. The Balaban J connectivity index is 1.73. The van der Waals surface area contributed by atoms with Gasteiger partial charge in [-0.2, -0.15) is 0 Å². The van der Waals surface area contributed by atoms with E-state index in [2.05, 4.69) is 11.4 Å². The van der Waals surface area contributed by atoms with Crippen molar-refractivity contribution in [3.8, 4) is 5.75 Å². The summed E-state index contributed by atoms with van der Waals surface area (Å²) in [5.74, 6) is 0.225. The van der Waals surface area contributed by atoms with E-state index >= 15 is 0 Å². The Hall–Kier alpha value is -3.05. The van der Waals surface area contributed by atoms with Gasteiger partial charge in [0.2, 0.25) is 5.91 Å². The molecule has 0 bridgehead atoms. The first-order chi connectivity index (χ1) is 14.8. The van der Waals surface area contributed by atoms with Crippen molar-refractivity contribution in [2.45, 2.75) is 26.4 Å². The molecule has 0 heterocycles. The van der Waals surface area contributed by atoms with Gasteiger partial charge in [-0.25, -0.2) is 0 Å². The molecule has 3 rings (SSSR count). The molecule has 0 unspecified atom stereocenters. The number of amides is 2. The van der Waals surface area contributed by atoms with Crippen LogP contribution in [-0.4, -0.2) is 36.9 Å². The highest BCUT2D eigenvalue weighted by Crippen LogP contribution is 2.23. The lowest BCUT2D eigenvalue weighted by Crippen LogP contribution is -2.50. The summed E-state index contributed by atoms with van der Waals surface area (Å²) in [4.78, 5) is 27.5. The summed E-state index contributed by atoms with van der Waals surface area (Å²) in [6, 6.07) is 18.1. The molecule has 0 aliphatic carbocycles. The van der Waals surface area contributed by atoms with Crippen LogP contribution in [0.5, 0.6) is 5.75 Å². The summed E-state index contributed by atoms with van der Waals surface area (Å²) >= 11 is 6.13. The average Bonchev–Trinajstić information content (AvgIpc) is 2.76. The first-order valence-corrected chi connectivity index (χ1v) is 10.5. The Morgan fingerprint density at radius 3 is 2.39 bits per heavy atom. The first-order valence-electron chi connectivity index (χ1n) is 10.2. The molecule has 0 fully saturated rings. The molecule has 31 heavy (non-hydrogen) atoms. The van der Waals surface area contributed by atoms with Crippen molar-refractivity contribution in [2.75, 3.05) is 14.2 Å². The van der Waals surface area contributed by atoms with Crippen molar-refractivity contribution in [1.82, 2.24) is 10.2 Å². The number of likely N-dealkylation sites (N-methyl/N-ethyl adjacent to an activating group) is 1. The quantitative estimate of drug-likeness (QED) is 0.569. The molecule has 0 aromatic heterocycles. The fraction of sp³-hybridized carbons (Fsp3) is 0.280. The molecule has 0 saturated carbocycles. The third-order valence-electron chi connectivity index (χ3n) is 5.25. The van der Waals surface area contributed by atoms with Gasteiger partial charge in [0.1, 0.15) is 11.8 Å². The van der Waals surface area contributed by atoms with Crippen molar-refractivity contribution in [3.05, 3.63) is 76.8 Å². The first kappa shape index (κ1) is 22.6. The van der Waals surface area contributed by atoms with Gasteiger partial charge >= 0.3 is 0 Å². The Morgan fingerprint density at radius 2 is 1.71 bits per heavy atom. The van der Waals surface area contributed by atoms with Gasteiger partial charge in [0.15, 0.2) is 0 Å². The zero-order valence-electron chi connectivity index (χ0n) is 18.2. The lowest BCUT2D eigenvalue weighted by Gasteiger charge is -2.27. The Bertz CT molecular complexity index is 1100. The van der Waals surface area contributed by atoms with Crippen LogP contribution in [0.15, 0.2) is 60.7 Å². The summed E-state index contributed by atoms with van der Waals surface area (Å²) in [6.45, 7) is 4.26. The van der Waals surface area contributed by atoms with Gasteiger partial charge in [-0.1, -0.05) is 55.8 Å². The van der Waals surface area contributed by atoms with Gasteiger partial charge in [-0.15, -0.1) is 0 Å². The molecule has 0 saturated heterocycles. The monoisotopic (exact) mass is 438 g/mol. The van der Waals surface area contributed by atoms with E-state index in [4.69, 9.17) is 16.3 Å². The minimum Gasteiger partial charge on any atom is -0.497 e. The summed E-state index contributed by atoms with van der Waals surface area (Å²) in [5, 5.41) is 5.36. The van der Waals surface area contributed by atoms with E-state index < -0.39 is 6.04 Å². The van der Waals surface area contributed by atoms with Crippen LogP contribution in [0.2, 0.25) is 5.02 Å². The van der Waals surface area contributed by atoms with Gasteiger partial charge < -0.3 is 15.0 Å². The number of carbonyl (C=O) groups excluding carboxylic acids is 2. The summed E-state index contributed by atoms with van der Waals surface area (Å²) in [5.41, 5.74) is 1.36. The maximum Gasteiger partial charge on any atom is 0.253 e. The predicted octanol–water partition coefficient (Wildman–Crippen LogP) is 4.91. The zero-order valence-corrected chi connectivity index (χ0v) is 18.9. The fourth-order valence-corrected chi connectivity index (χ4v) is 3.69. The van der Waals surface area contributed by atoms with Crippen molar-refractivity contribution >= 4 is 34.2 Å². The molecule has 162 valence electrons. The normalized spacial score (nSPS) is 11.9. The van der Waals surface area contributed by atoms with E-state index in [0.29, 0.717) is 17.1 Å². The number of carbonyl (C=O) groups is 2. The molecule has 3 aromatic rings. The molecular weight excluding hydrogens is 412 g/mol. The van der Waals surface area contributed by atoms with Crippen LogP contribution in [0.25, 0.3) is 10.8 Å². The van der Waals surface area contributed by atoms with Crippen LogP contribution in [0, 0.1) is 5.92 Å². The van der Waals surface area contributed by atoms with Crippen molar-refractivity contribution in [3.63, 3.8) is 0 Å². The van der Waals surface area contributed by atoms with E-state index in [1.165, 1.54) is 0 Å². The van der Waals surface area contributed by atoms with Crippen LogP contribution in [0.3, 0.4) is 0 Å². The largest absolute Gasteiger partial charge is 0.497 e. The van der Waals surface area contributed by atoms with E-state index in [1.54, 1.807) is 43.3 Å². The Labute approximate surface area is 188 Å². The highest BCUT2D eigenvalue weighted by atomic mass is 35.5. The smallest absolute Gasteiger partial charge is 0.253 e. The third-order valence-corrected chi connectivity index (χ3v) is 5.58. The highest BCUT2D eigenvalue weighted by molar-refractivity contribution is 6.33. The van der Waals surface area contributed by atoms with E-state index in [0.717, 1.165) is 22.1 Å². The molecule has 1 N–H and O–H groups in total. The maximum atomic E-state index is 13.1. The molecule has 6 heteroatoms. The third kappa shape index (κ3) is 5.36. The molecule has 0 aliphatic heterocycles. The van der Waals surface area contributed by atoms with Crippen LogP contribution in [-0.2, 0) is 11.3 Å². The van der Waals surface area contributed by atoms with Gasteiger partial charge in [-0.05, 0) is 52.6 Å². The average molecular weight is 439 g/mol. The molecule has 5 nitrogen and oxygen atoms in total. The summed E-state index contributed by atoms with van der Waals surface area (Å²) in [7, 11) is 3.39. The van der Waals surface area contributed by atoms with Crippen molar-refractivity contribution < 1.29 is 14.3 Å². The summed E-state index contributed by atoms with van der Waals surface area (Å²) < 4.78 is 5.27. The lowest BCUT2D eigenvalue weighted by atomic mass is 10.0. The molecule has 3 aromatic carbocycles. The number of benzene rings is 3. The highest BCUT2D eigenvalue weighted by Gasteiger charge is 2.28. The SMILES string of the molecule is COc1ccc2cc(CN(C)C(=O)[C@@H](NC(=O)c3ccccc3Cl)C(C)C)ccc2c1. The number of nitrogens with zero attached hydrogens (tertiary/aromatic N) is 1. The van der Waals surface area contributed by atoms with Crippen LogP contribution in [0.1, 0.15) is 29.8 Å². The second-order valence-electron chi connectivity index (χ2n) is 7.92. The fourth-order valence-electron chi connectivity index (χ4n) is 3.47. The number of fused-ring (bicyclic) bond motifs is 1. The van der Waals surface area contributed by atoms with E-state index in [1.807, 2.05) is 44.2 Å². The second kappa shape index (κ2) is 9.84. The number of ether oxygens (including phenoxy) is 1. The molecule has 1 atom stereocenters. The second-order valence-corrected chi connectivity index (χ2v) is 8.32. The Kier molecular flexibility index (Phi) is 7.18. The number of methoxy groups -OCH3 is 1. The molecule has 2 amide bonds. The minimum absolute atomic E-state index is 0.0783. The summed E-state index contributed by atoms with van der Waals surface area (Å²) in [6.07, 6.45) is 0. The maximum absolute atomic E-state index is 13.1. The van der Waals surface area contributed by atoms with Crippen LogP contribution in [0.4, 0.5) is 0 Å². The Morgan fingerprint density at radius 1 is 1.03 bits per heavy atom. The van der Waals surface area contributed by atoms with Crippen LogP contribution >= 0.6 is 11.6 Å². The number of hydrogen-bond acceptors (Lipinski definition) is 3. The standard InChI is InChI=1S/C25H27ClN2O3/c1-16(2)23(27-24(29)21-7-5-6-8-22(21)26)25(30)28(3)15-17-9-10-19-14-20(31-4)12-11-18(19)13-17/h5-14,16,23H,15H2,1-4H3,(H,27,29)/t23-/m0/s1. The van der Waals surface area contributed by atoms with Gasteiger partial charge in [0, 0.05) is 13.6 Å². The van der Waals surface area contributed by atoms with Gasteiger partial charge in [0.25, 0.3) is 5.91 Å². The number of nitrogens with one attached hydrogen (secondary N) is 1. The number of hydrogen-bond donors (Lipinski definition) is 1. The van der Waals surface area contributed by atoms with Gasteiger partial charge in [0.05, 0.1) is 17.7 Å². The number of rotatable bonds is 7. The topological polar surface area (TPSA) is 58.6 Å². The molecule has 0 aliphatic rings. The number of halogens is 1. The van der Waals surface area contributed by atoms with E-state index in [9.17, 15) is 9.59 Å². The molecule has 0 spiro atoms. The van der Waals surface area contributed by atoms with Crippen molar-refractivity contribution in [1.29, 1.82) is 0 Å². The zero-order chi connectivity index (χ0) is 22.5. The predicted molar refractivity (Wildman–Crippen MR) is 125 cm³/mol.